The van der Waals surface area contributed by atoms with Gasteiger partial charge in [0, 0.05) is 32.1 Å². The predicted molar refractivity (Wildman–Crippen MR) is 102 cm³/mol. The number of carbonyl (C=O) groups excluding carboxylic acids is 1. The summed E-state index contributed by atoms with van der Waals surface area (Å²) in [7, 11) is 0. The van der Waals surface area contributed by atoms with E-state index in [2.05, 4.69) is 4.90 Å². The van der Waals surface area contributed by atoms with E-state index in [0.717, 1.165) is 24.6 Å². The quantitative estimate of drug-likeness (QED) is 0.821. The number of hydrogen-bond donors (Lipinski definition) is 1. The number of carboxylic acid groups (broad SMARTS) is 1. The molecule has 1 unspecified atom stereocenters. The molecule has 2 aliphatic rings. The average molecular weight is 381 g/mol. The first-order valence-electron chi connectivity index (χ1n) is 9.17. The maximum absolute atomic E-state index is 13.1. The maximum Gasteiger partial charge on any atom is 0.328 e. The van der Waals surface area contributed by atoms with E-state index in [1.165, 1.54) is 18.2 Å². The fourth-order valence-corrected chi connectivity index (χ4v) is 3.92. The Balaban J connectivity index is 1.48. The van der Waals surface area contributed by atoms with Crippen molar-refractivity contribution in [3.8, 4) is 5.75 Å². The minimum absolute atomic E-state index is 0.00968. The van der Waals surface area contributed by atoms with Crippen LogP contribution in [-0.2, 0) is 11.3 Å². The van der Waals surface area contributed by atoms with Crippen molar-refractivity contribution in [3.05, 3.63) is 71.0 Å². The van der Waals surface area contributed by atoms with E-state index in [1.54, 1.807) is 30.3 Å². The first-order valence-corrected chi connectivity index (χ1v) is 9.17. The molecule has 1 atom stereocenters. The van der Waals surface area contributed by atoms with Crippen LogP contribution in [0.2, 0.25) is 0 Å². The number of carboxylic acids is 1. The molecule has 1 fully saturated rings. The van der Waals surface area contributed by atoms with Gasteiger partial charge in [-0.05, 0) is 41.5 Å². The van der Waals surface area contributed by atoms with Crippen molar-refractivity contribution in [2.75, 3.05) is 13.1 Å². The van der Waals surface area contributed by atoms with Crippen LogP contribution in [0.4, 0.5) is 4.39 Å². The number of ketones is 1. The Morgan fingerprint density at radius 3 is 2.79 bits per heavy atom. The van der Waals surface area contributed by atoms with Gasteiger partial charge in [0.05, 0.1) is 12.0 Å². The first kappa shape index (κ1) is 18.4. The third-order valence-corrected chi connectivity index (χ3v) is 5.25. The van der Waals surface area contributed by atoms with Crippen molar-refractivity contribution in [1.29, 1.82) is 0 Å². The van der Waals surface area contributed by atoms with Gasteiger partial charge in [0.15, 0.2) is 5.78 Å². The molecular formula is C22H20FNO4. The number of nitrogens with zero attached hydrogens (tertiary/aromatic N) is 1. The van der Waals surface area contributed by atoms with E-state index >= 15 is 0 Å². The molecule has 1 spiro atoms. The number of benzene rings is 2. The normalized spacial score (nSPS) is 21.8. The number of fused-ring (bicyclic) bond motifs is 1. The molecule has 2 heterocycles. The van der Waals surface area contributed by atoms with E-state index in [0.29, 0.717) is 36.4 Å². The van der Waals surface area contributed by atoms with Gasteiger partial charge < -0.3 is 9.84 Å². The second kappa shape index (κ2) is 7.20. The standard InChI is InChI=1S/C22H20FNO4/c23-17-5-1-16(2-6-17)13-24-10-9-22(14-24)12-19(25)18-11-15(4-8-21(26)27)3-7-20(18)28-22/h1-8,11H,9-10,12-14H2,(H,26,27). The van der Waals surface area contributed by atoms with Crippen molar-refractivity contribution in [3.63, 3.8) is 0 Å². The van der Waals surface area contributed by atoms with Gasteiger partial charge in [-0.2, -0.15) is 0 Å². The van der Waals surface area contributed by atoms with Crippen LogP contribution >= 0.6 is 0 Å². The topological polar surface area (TPSA) is 66.8 Å². The highest BCUT2D eigenvalue weighted by atomic mass is 19.1. The van der Waals surface area contributed by atoms with Gasteiger partial charge >= 0.3 is 5.97 Å². The SMILES string of the molecule is O=C(O)C=Cc1ccc2c(c1)C(=O)CC1(CCN(Cc3ccc(F)cc3)C1)O2. The van der Waals surface area contributed by atoms with Crippen molar-refractivity contribution in [2.45, 2.75) is 25.0 Å². The number of halogens is 1. The highest BCUT2D eigenvalue weighted by Crippen LogP contribution is 2.39. The second-order valence-corrected chi connectivity index (χ2v) is 7.40. The highest BCUT2D eigenvalue weighted by Gasteiger charge is 2.45. The molecule has 28 heavy (non-hydrogen) atoms. The zero-order chi connectivity index (χ0) is 19.7. The van der Waals surface area contributed by atoms with Gasteiger partial charge in [0.25, 0.3) is 0 Å². The number of hydrogen-bond acceptors (Lipinski definition) is 4. The molecule has 5 nitrogen and oxygen atoms in total. The molecule has 4 rings (SSSR count). The van der Waals surface area contributed by atoms with Gasteiger partial charge in [-0.15, -0.1) is 0 Å². The lowest BCUT2D eigenvalue weighted by Gasteiger charge is -2.35. The molecule has 1 saturated heterocycles. The minimum Gasteiger partial charge on any atom is -0.485 e. The number of ether oxygens (including phenoxy) is 1. The van der Waals surface area contributed by atoms with Crippen LogP contribution in [-0.4, -0.2) is 40.4 Å². The molecule has 0 aromatic heterocycles. The summed E-state index contributed by atoms with van der Waals surface area (Å²) in [6, 6.07) is 11.6. The summed E-state index contributed by atoms with van der Waals surface area (Å²) < 4.78 is 19.3. The fourth-order valence-electron chi connectivity index (χ4n) is 3.92. The summed E-state index contributed by atoms with van der Waals surface area (Å²) in [6.07, 6.45) is 3.55. The zero-order valence-electron chi connectivity index (χ0n) is 15.2. The Bertz CT molecular complexity index is 954. The molecule has 1 N–H and O–H groups in total. The molecule has 6 heteroatoms. The molecule has 0 amide bonds. The Kier molecular flexibility index (Phi) is 4.73. The summed E-state index contributed by atoms with van der Waals surface area (Å²) in [6.45, 7) is 2.13. The van der Waals surface area contributed by atoms with Gasteiger partial charge in [0.1, 0.15) is 17.2 Å². The number of aliphatic carboxylic acids is 1. The summed E-state index contributed by atoms with van der Waals surface area (Å²) >= 11 is 0. The third-order valence-electron chi connectivity index (χ3n) is 5.25. The van der Waals surface area contributed by atoms with Gasteiger partial charge in [0.2, 0.25) is 0 Å². The summed E-state index contributed by atoms with van der Waals surface area (Å²) in [5.74, 6) is -0.730. The smallest absolute Gasteiger partial charge is 0.328 e. The van der Waals surface area contributed by atoms with Crippen LogP contribution < -0.4 is 4.74 Å². The average Bonchev–Trinajstić information content (AvgIpc) is 3.03. The lowest BCUT2D eigenvalue weighted by atomic mass is 9.88. The lowest BCUT2D eigenvalue weighted by Crippen LogP contribution is -2.44. The minimum atomic E-state index is -1.04. The molecule has 0 bridgehead atoms. The number of likely N-dealkylation sites (tertiary alicyclic amines) is 1. The van der Waals surface area contributed by atoms with E-state index in [4.69, 9.17) is 9.84 Å². The maximum atomic E-state index is 13.1. The van der Waals surface area contributed by atoms with E-state index in [9.17, 15) is 14.0 Å². The predicted octanol–water partition coefficient (Wildman–Crippen LogP) is 3.53. The van der Waals surface area contributed by atoms with Gasteiger partial charge in [-0.1, -0.05) is 18.2 Å². The van der Waals surface area contributed by atoms with Crippen molar-refractivity contribution >= 4 is 17.8 Å². The van der Waals surface area contributed by atoms with Gasteiger partial charge in [-0.25, -0.2) is 9.18 Å². The molecule has 0 saturated carbocycles. The van der Waals surface area contributed by atoms with Crippen LogP contribution in [0.3, 0.4) is 0 Å². The Morgan fingerprint density at radius 1 is 1.25 bits per heavy atom. The van der Waals surface area contributed by atoms with Crippen LogP contribution in [0.25, 0.3) is 6.08 Å². The molecule has 2 aliphatic heterocycles. The fraction of sp³-hybridized carbons (Fsp3) is 0.273. The van der Waals surface area contributed by atoms with Crippen molar-refractivity contribution < 1.29 is 23.8 Å². The Morgan fingerprint density at radius 2 is 2.04 bits per heavy atom. The monoisotopic (exact) mass is 381 g/mol. The number of carbonyl (C=O) groups is 2. The molecule has 144 valence electrons. The van der Waals surface area contributed by atoms with E-state index < -0.39 is 11.6 Å². The Labute approximate surface area is 162 Å². The van der Waals surface area contributed by atoms with Crippen molar-refractivity contribution in [2.24, 2.45) is 0 Å². The molecule has 2 aromatic rings. The van der Waals surface area contributed by atoms with Crippen LogP contribution in [0.5, 0.6) is 5.75 Å². The second-order valence-electron chi connectivity index (χ2n) is 7.40. The number of Topliss-reactive ketones (excluding diaryl/α,β-unsaturated/α-hetero) is 1. The number of rotatable bonds is 4. The molecular weight excluding hydrogens is 361 g/mol. The largest absolute Gasteiger partial charge is 0.485 e. The molecule has 0 aliphatic carbocycles. The zero-order valence-corrected chi connectivity index (χ0v) is 15.2. The van der Waals surface area contributed by atoms with Crippen LogP contribution in [0.1, 0.15) is 34.3 Å². The summed E-state index contributed by atoms with van der Waals surface area (Å²) in [5, 5.41) is 8.75. The molecule has 2 aromatic carbocycles. The first-order chi connectivity index (χ1) is 13.4. The van der Waals surface area contributed by atoms with E-state index in [-0.39, 0.29) is 11.6 Å². The van der Waals surface area contributed by atoms with Gasteiger partial charge in [-0.3, -0.25) is 9.69 Å². The van der Waals surface area contributed by atoms with Crippen LogP contribution in [0.15, 0.2) is 48.5 Å². The Hall–Kier alpha value is -2.99. The summed E-state index contributed by atoms with van der Waals surface area (Å²) in [4.78, 5) is 25.6. The van der Waals surface area contributed by atoms with Crippen molar-refractivity contribution in [1.82, 2.24) is 4.90 Å². The lowest BCUT2D eigenvalue weighted by molar-refractivity contribution is -0.131. The van der Waals surface area contributed by atoms with E-state index in [1.807, 2.05) is 0 Å². The highest BCUT2D eigenvalue weighted by molar-refractivity contribution is 6.01. The third kappa shape index (κ3) is 3.82. The summed E-state index contributed by atoms with van der Waals surface area (Å²) in [5.41, 5.74) is 1.63. The van der Waals surface area contributed by atoms with Crippen LogP contribution in [0, 0.1) is 5.82 Å². The molecule has 0 radical (unpaired) electrons.